The summed E-state index contributed by atoms with van der Waals surface area (Å²) >= 11 is 1.53. The zero-order chi connectivity index (χ0) is 17.3. The molecule has 126 valence electrons. The first kappa shape index (κ1) is 16.6. The highest BCUT2D eigenvalue weighted by Crippen LogP contribution is 2.39. The van der Waals surface area contributed by atoms with Crippen molar-refractivity contribution in [3.8, 4) is 0 Å². The van der Waals surface area contributed by atoms with Gasteiger partial charge in [-0.15, -0.1) is 0 Å². The largest absolute Gasteiger partial charge is 0.481 e. The van der Waals surface area contributed by atoms with E-state index < -0.39 is 17.9 Å². The number of thiophene rings is 1. The van der Waals surface area contributed by atoms with Gasteiger partial charge in [-0.1, -0.05) is 6.07 Å². The van der Waals surface area contributed by atoms with Gasteiger partial charge < -0.3 is 10.0 Å². The highest BCUT2D eigenvalue weighted by Gasteiger charge is 2.41. The zero-order valence-electron chi connectivity index (χ0n) is 13.2. The number of carbonyl (C=O) groups is 2. The van der Waals surface area contributed by atoms with Gasteiger partial charge in [-0.2, -0.15) is 11.3 Å². The Morgan fingerprint density at radius 1 is 1.42 bits per heavy atom. The van der Waals surface area contributed by atoms with Crippen LogP contribution in [0.2, 0.25) is 0 Å². The summed E-state index contributed by atoms with van der Waals surface area (Å²) in [5.74, 6) is -2.04. The Bertz CT molecular complexity index is 760. The Labute approximate surface area is 143 Å². The van der Waals surface area contributed by atoms with E-state index in [-0.39, 0.29) is 18.1 Å². The smallest absolute Gasteiger partial charge is 0.308 e. The molecule has 1 aliphatic rings. The summed E-state index contributed by atoms with van der Waals surface area (Å²) < 4.78 is 13.5. The maximum absolute atomic E-state index is 13.5. The molecule has 4 nitrogen and oxygen atoms in total. The molecule has 0 saturated carbocycles. The third kappa shape index (κ3) is 3.19. The number of hydrogen-bond acceptors (Lipinski definition) is 3. The summed E-state index contributed by atoms with van der Waals surface area (Å²) in [4.78, 5) is 25.9. The van der Waals surface area contributed by atoms with E-state index in [1.54, 1.807) is 17.9 Å². The number of benzene rings is 1. The SMILES string of the molecule is Cc1cc(F)ccc1[C@@H]1[C@H](C(=O)O)CCC(=O)N1Cc1ccsc1. The molecule has 0 aliphatic carbocycles. The lowest BCUT2D eigenvalue weighted by Gasteiger charge is -2.40. The second kappa shape index (κ2) is 6.73. The lowest BCUT2D eigenvalue weighted by molar-refractivity contribution is -0.152. The number of nitrogens with zero attached hydrogens (tertiary/aromatic N) is 1. The minimum absolute atomic E-state index is 0.0626. The number of piperidine rings is 1. The van der Waals surface area contributed by atoms with Crippen LogP contribution in [0.5, 0.6) is 0 Å². The third-order valence-corrected chi connectivity index (χ3v) is 5.24. The average Bonchev–Trinajstić information content (AvgIpc) is 3.02. The van der Waals surface area contributed by atoms with Gasteiger partial charge in [-0.3, -0.25) is 9.59 Å². The van der Waals surface area contributed by atoms with Crippen molar-refractivity contribution < 1.29 is 19.1 Å². The molecule has 6 heteroatoms. The lowest BCUT2D eigenvalue weighted by atomic mass is 9.82. The van der Waals surface area contributed by atoms with Crippen LogP contribution >= 0.6 is 11.3 Å². The summed E-state index contributed by atoms with van der Waals surface area (Å²) in [5, 5.41) is 13.5. The number of likely N-dealkylation sites (tertiary alicyclic amines) is 1. The van der Waals surface area contributed by atoms with Crippen LogP contribution in [0.15, 0.2) is 35.0 Å². The summed E-state index contributed by atoms with van der Waals surface area (Å²) in [6.45, 7) is 2.12. The van der Waals surface area contributed by atoms with E-state index in [0.29, 0.717) is 24.1 Å². The van der Waals surface area contributed by atoms with Crippen LogP contribution in [0, 0.1) is 18.7 Å². The fraction of sp³-hybridized carbons (Fsp3) is 0.333. The van der Waals surface area contributed by atoms with E-state index in [1.807, 2.05) is 16.8 Å². The molecule has 0 spiro atoms. The molecular weight excluding hydrogens is 329 g/mol. The second-order valence-electron chi connectivity index (χ2n) is 6.08. The van der Waals surface area contributed by atoms with Crippen molar-refractivity contribution in [1.29, 1.82) is 0 Å². The van der Waals surface area contributed by atoms with Gasteiger partial charge in [0.25, 0.3) is 0 Å². The first-order valence-corrected chi connectivity index (χ1v) is 8.71. The monoisotopic (exact) mass is 347 g/mol. The van der Waals surface area contributed by atoms with Crippen molar-refractivity contribution in [3.63, 3.8) is 0 Å². The number of halogens is 1. The van der Waals surface area contributed by atoms with Crippen LogP contribution in [0.4, 0.5) is 4.39 Å². The van der Waals surface area contributed by atoms with Gasteiger partial charge in [0.05, 0.1) is 12.0 Å². The van der Waals surface area contributed by atoms with E-state index in [1.165, 1.54) is 23.5 Å². The number of aryl methyl sites for hydroxylation is 1. The topological polar surface area (TPSA) is 57.6 Å². The summed E-state index contributed by atoms with van der Waals surface area (Å²) in [7, 11) is 0. The lowest BCUT2D eigenvalue weighted by Crippen LogP contribution is -2.45. The summed E-state index contributed by atoms with van der Waals surface area (Å²) in [6.07, 6.45) is 0.521. The van der Waals surface area contributed by atoms with Crippen molar-refractivity contribution in [2.45, 2.75) is 32.4 Å². The molecule has 1 saturated heterocycles. The van der Waals surface area contributed by atoms with E-state index in [4.69, 9.17) is 0 Å². The maximum atomic E-state index is 13.5. The fourth-order valence-corrected chi connectivity index (χ4v) is 3.99. The number of amides is 1. The first-order chi connectivity index (χ1) is 11.5. The van der Waals surface area contributed by atoms with Gasteiger partial charge in [0.15, 0.2) is 0 Å². The molecule has 1 amide bonds. The summed E-state index contributed by atoms with van der Waals surface area (Å²) in [5.41, 5.74) is 2.34. The minimum Gasteiger partial charge on any atom is -0.481 e. The molecule has 0 unspecified atom stereocenters. The zero-order valence-corrected chi connectivity index (χ0v) is 14.1. The average molecular weight is 347 g/mol. The van der Waals surface area contributed by atoms with Crippen molar-refractivity contribution in [1.82, 2.24) is 4.90 Å². The van der Waals surface area contributed by atoms with Crippen LogP contribution in [-0.4, -0.2) is 21.9 Å². The Morgan fingerprint density at radius 2 is 2.21 bits per heavy atom. The van der Waals surface area contributed by atoms with Gasteiger partial charge in [-0.05, 0) is 59.0 Å². The molecule has 2 heterocycles. The third-order valence-electron chi connectivity index (χ3n) is 4.51. The number of aliphatic carboxylic acids is 1. The number of hydrogen-bond donors (Lipinski definition) is 1. The predicted molar refractivity (Wildman–Crippen MR) is 89.1 cm³/mol. The van der Waals surface area contributed by atoms with Crippen molar-refractivity contribution in [3.05, 3.63) is 57.5 Å². The highest BCUT2D eigenvalue weighted by atomic mass is 32.1. The molecule has 24 heavy (non-hydrogen) atoms. The summed E-state index contributed by atoms with van der Waals surface area (Å²) in [6, 6.07) is 5.66. The predicted octanol–water partition coefficient (Wildman–Crippen LogP) is 3.76. The van der Waals surface area contributed by atoms with Gasteiger partial charge in [-0.25, -0.2) is 4.39 Å². The first-order valence-electron chi connectivity index (χ1n) is 7.77. The Kier molecular flexibility index (Phi) is 4.66. The molecule has 3 rings (SSSR count). The molecule has 1 N–H and O–H groups in total. The fourth-order valence-electron chi connectivity index (χ4n) is 3.33. The van der Waals surface area contributed by atoms with Crippen LogP contribution in [0.25, 0.3) is 0 Å². The molecular formula is C18H18FNO3S. The van der Waals surface area contributed by atoms with E-state index >= 15 is 0 Å². The standard InChI is InChI=1S/C18H18FNO3S/c1-11-8-13(19)2-3-14(11)17-15(18(22)23)4-5-16(21)20(17)9-12-6-7-24-10-12/h2-3,6-8,10,15,17H,4-5,9H2,1H3,(H,22,23)/t15-,17-/m1/s1. The molecule has 2 atom stereocenters. The van der Waals surface area contributed by atoms with Crippen molar-refractivity contribution >= 4 is 23.2 Å². The van der Waals surface area contributed by atoms with Crippen LogP contribution in [0.3, 0.4) is 0 Å². The quantitative estimate of drug-likeness (QED) is 0.916. The normalized spacial score (nSPS) is 21.1. The van der Waals surface area contributed by atoms with Gasteiger partial charge in [0.2, 0.25) is 5.91 Å². The molecule has 2 aromatic rings. The maximum Gasteiger partial charge on any atom is 0.308 e. The van der Waals surface area contributed by atoms with Crippen molar-refractivity contribution in [2.75, 3.05) is 0 Å². The second-order valence-corrected chi connectivity index (χ2v) is 6.86. The molecule has 1 aliphatic heterocycles. The van der Waals surface area contributed by atoms with Crippen LogP contribution < -0.4 is 0 Å². The number of carbonyl (C=O) groups excluding carboxylic acids is 1. The van der Waals surface area contributed by atoms with Gasteiger partial charge in [0, 0.05) is 13.0 Å². The van der Waals surface area contributed by atoms with Crippen molar-refractivity contribution in [2.24, 2.45) is 5.92 Å². The Morgan fingerprint density at radius 3 is 2.83 bits per heavy atom. The Balaban J connectivity index is 2.04. The molecule has 0 radical (unpaired) electrons. The Hall–Kier alpha value is -2.21. The minimum atomic E-state index is -0.924. The van der Waals surface area contributed by atoms with Gasteiger partial charge >= 0.3 is 5.97 Å². The molecule has 0 bridgehead atoms. The highest BCUT2D eigenvalue weighted by molar-refractivity contribution is 7.07. The molecule has 1 aromatic heterocycles. The van der Waals surface area contributed by atoms with Crippen LogP contribution in [0.1, 0.15) is 35.6 Å². The molecule has 1 fully saturated rings. The molecule has 1 aromatic carbocycles. The number of carboxylic acids is 1. The van der Waals surface area contributed by atoms with E-state index in [2.05, 4.69) is 0 Å². The van der Waals surface area contributed by atoms with E-state index in [9.17, 15) is 19.1 Å². The van der Waals surface area contributed by atoms with E-state index in [0.717, 1.165) is 5.56 Å². The number of rotatable bonds is 4. The number of carboxylic acid groups (broad SMARTS) is 1. The van der Waals surface area contributed by atoms with Gasteiger partial charge in [0.1, 0.15) is 5.82 Å². The van der Waals surface area contributed by atoms with Crippen LogP contribution in [-0.2, 0) is 16.1 Å².